The SMILES string of the molecule is O=C(Nc1cccc(Cl)c1)Nc1ccc2c(c1)N(S(=O)(=O)c1ccccc1)CCC2. The second-order valence-corrected chi connectivity index (χ2v) is 9.23. The number of rotatable bonds is 4. The Balaban J connectivity index is 1.59. The van der Waals surface area contributed by atoms with E-state index in [1.54, 1.807) is 66.7 Å². The summed E-state index contributed by atoms with van der Waals surface area (Å²) in [6, 6.07) is 20.1. The van der Waals surface area contributed by atoms with Gasteiger partial charge in [-0.25, -0.2) is 13.2 Å². The zero-order valence-electron chi connectivity index (χ0n) is 16.0. The molecule has 6 nitrogen and oxygen atoms in total. The molecule has 0 saturated heterocycles. The number of hydrogen-bond donors (Lipinski definition) is 2. The summed E-state index contributed by atoms with van der Waals surface area (Å²) in [4.78, 5) is 12.6. The van der Waals surface area contributed by atoms with E-state index >= 15 is 0 Å². The number of halogens is 1. The lowest BCUT2D eigenvalue weighted by Gasteiger charge is -2.31. The van der Waals surface area contributed by atoms with Gasteiger partial charge < -0.3 is 10.6 Å². The molecule has 2 N–H and O–H groups in total. The molecule has 0 aromatic heterocycles. The molecule has 3 aromatic rings. The standard InChI is InChI=1S/C22H20ClN3O3S/c23-17-7-4-8-18(14-17)24-22(27)25-19-12-11-16-6-5-13-26(21(16)15-19)30(28,29)20-9-2-1-3-10-20/h1-4,7-12,14-15H,5-6,13H2,(H2,24,25,27). The number of carbonyl (C=O) groups is 1. The zero-order valence-corrected chi connectivity index (χ0v) is 17.6. The Labute approximate surface area is 180 Å². The summed E-state index contributed by atoms with van der Waals surface area (Å²) in [7, 11) is -3.68. The highest BCUT2D eigenvalue weighted by Crippen LogP contribution is 2.34. The van der Waals surface area contributed by atoms with Crippen molar-refractivity contribution in [3.63, 3.8) is 0 Å². The highest BCUT2D eigenvalue weighted by atomic mass is 35.5. The fourth-order valence-electron chi connectivity index (χ4n) is 3.45. The summed E-state index contributed by atoms with van der Waals surface area (Å²) in [6.07, 6.45) is 1.52. The van der Waals surface area contributed by atoms with Crippen LogP contribution in [0.25, 0.3) is 0 Å². The molecule has 0 spiro atoms. The summed E-state index contributed by atoms with van der Waals surface area (Å²) in [6.45, 7) is 0.391. The van der Waals surface area contributed by atoms with E-state index in [4.69, 9.17) is 11.6 Å². The van der Waals surface area contributed by atoms with Crippen LogP contribution in [0.1, 0.15) is 12.0 Å². The molecule has 0 fully saturated rings. The average Bonchev–Trinajstić information content (AvgIpc) is 2.74. The van der Waals surface area contributed by atoms with Crippen LogP contribution >= 0.6 is 11.6 Å². The Bertz CT molecular complexity index is 1180. The second kappa shape index (κ2) is 8.38. The Kier molecular flexibility index (Phi) is 5.65. The first-order chi connectivity index (χ1) is 14.4. The number of sulfonamides is 1. The van der Waals surface area contributed by atoms with Crippen molar-refractivity contribution >= 4 is 44.7 Å². The second-order valence-electron chi connectivity index (χ2n) is 6.93. The largest absolute Gasteiger partial charge is 0.323 e. The monoisotopic (exact) mass is 441 g/mol. The lowest BCUT2D eigenvalue weighted by molar-refractivity contribution is 0.262. The van der Waals surface area contributed by atoms with Crippen molar-refractivity contribution in [2.45, 2.75) is 17.7 Å². The van der Waals surface area contributed by atoms with Gasteiger partial charge in [0.2, 0.25) is 0 Å². The van der Waals surface area contributed by atoms with Crippen molar-refractivity contribution in [1.82, 2.24) is 0 Å². The quantitative estimate of drug-likeness (QED) is 0.589. The lowest BCUT2D eigenvalue weighted by atomic mass is 10.0. The summed E-state index contributed by atoms with van der Waals surface area (Å²) >= 11 is 5.94. The maximum Gasteiger partial charge on any atom is 0.323 e. The highest BCUT2D eigenvalue weighted by molar-refractivity contribution is 7.92. The van der Waals surface area contributed by atoms with Gasteiger partial charge >= 0.3 is 6.03 Å². The normalized spacial score (nSPS) is 13.4. The molecule has 2 amide bonds. The van der Waals surface area contributed by atoms with Gasteiger partial charge in [0.1, 0.15) is 0 Å². The van der Waals surface area contributed by atoms with Crippen molar-refractivity contribution in [1.29, 1.82) is 0 Å². The van der Waals surface area contributed by atoms with Gasteiger partial charge in [-0.1, -0.05) is 41.9 Å². The van der Waals surface area contributed by atoms with Gasteiger partial charge in [0.05, 0.1) is 10.6 Å². The summed E-state index contributed by atoms with van der Waals surface area (Å²) < 4.78 is 27.8. The van der Waals surface area contributed by atoms with Crippen molar-refractivity contribution < 1.29 is 13.2 Å². The van der Waals surface area contributed by atoms with Crippen LogP contribution in [-0.2, 0) is 16.4 Å². The van der Waals surface area contributed by atoms with Crippen molar-refractivity contribution in [3.05, 3.63) is 83.4 Å². The smallest absolute Gasteiger partial charge is 0.308 e. The predicted molar refractivity (Wildman–Crippen MR) is 120 cm³/mol. The van der Waals surface area contributed by atoms with Crippen LogP contribution in [0.5, 0.6) is 0 Å². The van der Waals surface area contributed by atoms with Crippen molar-refractivity contribution in [2.24, 2.45) is 0 Å². The van der Waals surface area contributed by atoms with Gasteiger partial charge in [-0.2, -0.15) is 0 Å². The first kappa shape index (κ1) is 20.3. The molecule has 0 unspecified atom stereocenters. The first-order valence-corrected chi connectivity index (χ1v) is 11.3. The number of benzene rings is 3. The number of anilines is 3. The molecule has 0 saturated carbocycles. The molecule has 154 valence electrons. The molecule has 8 heteroatoms. The Hall–Kier alpha value is -3.03. The number of hydrogen-bond acceptors (Lipinski definition) is 3. The minimum Gasteiger partial charge on any atom is -0.308 e. The molecule has 30 heavy (non-hydrogen) atoms. The number of fused-ring (bicyclic) bond motifs is 1. The van der Waals surface area contributed by atoms with E-state index in [0.29, 0.717) is 28.6 Å². The third kappa shape index (κ3) is 4.27. The highest BCUT2D eigenvalue weighted by Gasteiger charge is 2.29. The van der Waals surface area contributed by atoms with Gasteiger partial charge in [0, 0.05) is 22.9 Å². The maximum atomic E-state index is 13.2. The van der Waals surface area contributed by atoms with E-state index in [1.807, 2.05) is 6.07 Å². The third-order valence-electron chi connectivity index (χ3n) is 4.83. The van der Waals surface area contributed by atoms with E-state index < -0.39 is 16.1 Å². The maximum absolute atomic E-state index is 13.2. The number of nitrogens with zero attached hydrogens (tertiary/aromatic N) is 1. The number of carbonyl (C=O) groups excluding carboxylic acids is 1. The van der Waals surface area contributed by atoms with Gasteiger partial charge in [0.15, 0.2) is 0 Å². The first-order valence-electron chi connectivity index (χ1n) is 9.48. The molecule has 0 atom stereocenters. The zero-order chi connectivity index (χ0) is 21.1. The summed E-state index contributed by atoms with van der Waals surface area (Å²) in [5.41, 5.74) is 2.59. The van der Waals surface area contributed by atoms with E-state index in [-0.39, 0.29) is 4.90 Å². The van der Waals surface area contributed by atoms with E-state index in [0.717, 1.165) is 18.4 Å². The molecule has 0 bridgehead atoms. The van der Waals surface area contributed by atoms with Crippen molar-refractivity contribution in [2.75, 3.05) is 21.5 Å². The van der Waals surface area contributed by atoms with Gasteiger partial charge in [-0.3, -0.25) is 4.31 Å². The molecule has 0 aliphatic carbocycles. The molecule has 1 heterocycles. The van der Waals surface area contributed by atoms with Crippen LogP contribution in [-0.4, -0.2) is 21.0 Å². The number of urea groups is 1. The topological polar surface area (TPSA) is 78.5 Å². The predicted octanol–water partition coefficient (Wildman–Crippen LogP) is 5.13. The van der Waals surface area contributed by atoms with Crippen LogP contribution in [0.3, 0.4) is 0 Å². The molecule has 1 aliphatic heterocycles. The van der Waals surface area contributed by atoms with Crippen LogP contribution in [0, 0.1) is 0 Å². The van der Waals surface area contributed by atoms with Crippen LogP contribution in [0.4, 0.5) is 21.9 Å². The lowest BCUT2D eigenvalue weighted by Crippen LogP contribution is -2.35. The molecular formula is C22H20ClN3O3S. The molecule has 3 aromatic carbocycles. The van der Waals surface area contributed by atoms with E-state index in [1.165, 1.54) is 4.31 Å². The molecular weight excluding hydrogens is 422 g/mol. The molecule has 4 rings (SSSR count). The average molecular weight is 442 g/mol. The fraction of sp³-hybridized carbons (Fsp3) is 0.136. The molecule has 0 radical (unpaired) electrons. The minimum atomic E-state index is -3.68. The Morgan fingerprint density at radius 1 is 0.900 bits per heavy atom. The molecule has 1 aliphatic rings. The Morgan fingerprint density at radius 2 is 1.63 bits per heavy atom. The van der Waals surface area contributed by atoms with Gasteiger partial charge in [0.25, 0.3) is 10.0 Å². The van der Waals surface area contributed by atoms with Gasteiger partial charge in [-0.05, 0) is 60.9 Å². The number of amides is 2. The summed E-state index contributed by atoms with van der Waals surface area (Å²) in [5.74, 6) is 0. The fourth-order valence-corrected chi connectivity index (χ4v) is 5.19. The van der Waals surface area contributed by atoms with Crippen LogP contribution in [0.2, 0.25) is 5.02 Å². The minimum absolute atomic E-state index is 0.245. The van der Waals surface area contributed by atoms with Crippen LogP contribution < -0.4 is 14.9 Å². The Morgan fingerprint density at radius 3 is 2.37 bits per heavy atom. The van der Waals surface area contributed by atoms with E-state index in [2.05, 4.69) is 10.6 Å². The number of nitrogens with one attached hydrogen (secondary N) is 2. The van der Waals surface area contributed by atoms with Crippen molar-refractivity contribution in [3.8, 4) is 0 Å². The van der Waals surface area contributed by atoms with Crippen LogP contribution in [0.15, 0.2) is 77.7 Å². The van der Waals surface area contributed by atoms with E-state index in [9.17, 15) is 13.2 Å². The summed E-state index contributed by atoms with van der Waals surface area (Å²) in [5, 5.41) is 5.99. The number of aryl methyl sites for hydroxylation is 1. The van der Waals surface area contributed by atoms with Gasteiger partial charge in [-0.15, -0.1) is 0 Å². The third-order valence-corrected chi connectivity index (χ3v) is 6.90.